The summed E-state index contributed by atoms with van der Waals surface area (Å²) < 4.78 is 116. The number of nitrogens with one attached hydrogen (secondary N) is 1. The number of sulfonamides is 1. The number of tetrazole rings is 1. The quantitative estimate of drug-likeness (QED) is 0.243. The lowest BCUT2D eigenvalue weighted by atomic mass is 10.1. The summed E-state index contributed by atoms with van der Waals surface area (Å²) in [6.07, 6.45) is -9.82. The number of alkyl halides is 6. The Morgan fingerprint density at radius 2 is 1.74 bits per heavy atom. The Labute approximate surface area is 237 Å². The standard InChI is InChI=1S/C24H17F6N7O5S/c1-41-19(38)12-37-34-22(33-35-37)16-3-2-4-17-20(16)36(11-13-5-10-18(23(25,26)27)32-21(13)31-17)43(39,40)15-8-6-14(7-9-15)42-24(28,29)30/h2-10H,11-12H2,1H3,(H,31,32). The van der Waals surface area contributed by atoms with Gasteiger partial charge in [0.05, 0.1) is 29.9 Å². The van der Waals surface area contributed by atoms with E-state index in [9.17, 15) is 39.6 Å². The van der Waals surface area contributed by atoms with Gasteiger partial charge in [-0.2, -0.15) is 18.0 Å². The van der Waals surface area contributed by atoms with Crippen molar-refractivity contribution >= 4 is 33.2 Å². The number of rotatable bonds is 6. The summed E-state index contributed by atoms with van der Waals surface area (Å²) in [4.78, 5) is 15.7. The number of anilines is 3. The highest BCUT2D eigenvalue weighted by atomic mass is 32.2. The molecule has 5 rings (SSSR count). The van der Waals surface area contributed by atoms with E-state index in [0.717, 1.165) is 46.5 Å². The van der Waals surface area contributed by atoms with Crippen LogP contribution in [0.3, 0.4) is 0 Å². The summed E-state index contributed by atoms with van der Waals surface area (Å²) in [6, 6.07) is 9.33. The fraction of sp³-hybridized carbons (Fsp3) is 0.208. The molecule has 0 saturated carbocycles. The molecule has 0 radical (unpaired) electrons. The van der Waals surface area contributed by atoms with Crippen molar-refractivity contribution in [1.82, 2.24) is 25.2 Å². The molecule has 0 aliphatic carbocycles. The van der Waals surface area contributed by atoms with Crippen molar-refractivity contribution in [3.8, 4) is 17.1 Å². The van der Waals surface area contributed by atoms with Crippen LogP contribution in [0, 0.1) is 0 Å². The zero-order valence-electron chi connectivity index (χ0n) is 21.5. The molecule has 0 unspecified atom stereocenters. The first kappa shape index (κ1) is 29.5. The number of nitrogens with zero attached hydrogens (tertiary/aromatic N) is 6. The second-order valence-corrected chi connectivity index (χ2v) is 10.6. The van der Waals surface area contributed by atoms with E-state index in [-0.39, 0.29) is 34.1 Å². The van der Waals surface area contributed by atoms with Gasteiger partial charge in [-0.1, -0.05) is 12.1 Å². The number of benzene rings is 2. The molecule has 0 spiro atoms. The number of hydrogen-bond donors (Lipinski definition) is 1. The molecule has 19 heteroatoms. The molecule has 1 aliphatic rings. The third-order valence-electron chi connectivity index (χ3n) is 5.96. The summed E-state index contributed by atoms with van der Waals surface area (Å²) in [5, 5.41) is 14.5. The van der Waals surface area contributed by atoms with Gasteiger partial charge >= 0.3 is 18.5 Å². The topological polar surface area (TPSA) is 141 Å². The Bertz CT molecular complexity index is 1790. The lowest BCUT2D eigenvalue weighted by molar-refractivity contribution is -0.274. The monoisotopic (exact) mass is 629 g/mol. The molecule has 1 N–H and O–H groups in total. The third-order valence-corrected chi connectivity index (χ3v) is 7.72. The Morgan fingerprint density at radius 1 is 1.02 bits per heavy atom. The van der Waals surface area contributed by atoms with Gasteiger partial charge in [-0.15, -0.1) is 23.4 Å². The lowest BCUT2D eigenvalue weighted by Crippen LogP contribution is -2.31. The first-order valence-corrected chi connectivity index (χ1v) is 13.3. The molecule has 0 saturated heterocycles. The van der Waals surface area contributed by atoms with E-state index in [2.05, 4.69) is 35.2 Å². The van der Waals surface area contributed by atoms with E-state index in [4.69, 9.17) is 0 Å². The number of fused-ring (bicyclic) bond motifs is 2. The maximum Gasteiger partial charge on any atom is 0.573 e. The molecule has 0 atom stereocenters. The van der Waals surface area contributed by atoms with Crippen molar-refractivity contribution in [1.29, 1.82) is 0 Å². The minimum atomic E-state index is -5.02. The molecule has 1 aliphatic heterocycles. The van der Waals surface area contributed by atoms with Crippen LogP contribution in [-0.4, -0.2) is 53.1 Å². The Morgan fingerprint density at radius 3 is 2.40 bits per heavy atom. The summed E-state index contributed by atoms with van der Waals surface area (Å²) in [5.41, 5.74) is -1.32. The van der Waals surface area contributed by atoms with E-state index >= 15 is 0 Å². The molecule has 2 aromatic carbocycles. The molecule has 226 valence electrons. The number of hydrogen-bond acceptors (Lipinski definition) is 10. The highest BCUT2D eigenvalue weighted by Crippen LogP contribution is 2.44. The van der Waals surface area contributed by atoms with Crippen LogP contribution in [-0.2, 0) is 38.8 Å². The fourth-order valence-corrected chi connectivity index (χ4v) is 5.56. The van der Waals surface area contributed by atoms with Crippen molar-refractivity contribution in [2.75, 3.05) is 16.7 Å². The highest BCUT2D eigenvalue weighted by Gasteiger charge is 2.37. The van der Waals surface area contributed by atoms with Crippen molar-refractivity contribution < 1.29 is 49.0 Å². The normalized spacial score (nSPS) is 13.4. The molecule has 4 aromatic rings. The van der Waals surface area contributed by atoms with E-state index in [1.807, 2.05) is 0 Å². The van der Waals surface area contributed by atoms with Crippen molar-refractivity contribution in [3.63, 3.8) is 0 Å². The molecule has 43 heavy (non-hydrogen) atoms. The molecule has 0 fully saturated rings. The fourth-order valence-electron chi connectivity index (χ4n) is 4.08. The van der Waals surface area contributed by atoms with Crippen LogP contribution >= 0.6 is 0 Å². The van der Waals surface area contributed by atoms with Crippen LogP contribution in [0.15, 0.2) is 59.5 Å². The van der Waals surface area contributed by atoms with Gasteiger partial charge in [0.2, 0.25) is 5.82 Å². The summed E-state index contributed by atoms with van der Waals surface area (Å²) in [5.74, 6) is -1.83. The number of aromatic nitrogens is 5. The number of carbonyl (C=O) groups is 1. The predicted octanol–water partition coefficient (Wildman–Crippen LogP) is 4.28. The minimum Gasteiger partial charge on any atom is -0.468 e. The minimum absolute atomic E-state index is 0.0204. The van der Waals surface area contributed by atoms with Gasteiger partial charge in [-0.25, -0.2) is 18.2 Å². The second-order valence-electron chi connectivity index (χ2n) is 8.78. The summed E-state index contributed by atoms with van der Waals surface area (Å²) >= 11 is 0. The van der Waals surface area contributed by atoms with Crippen LogP contribution in [0.25, 0.3) is 11.4 Å². The van der Waals surface area contributed by atoms with Crippen LogP contribution in [0.2, 0.25) is 0 Å². The Balaban J connectivity index is 1.66. The van der Waals surface area contributed by atoms with Crippen LogP contribution < -0.4 is 14.4 Å². The number of methoxy groups -OCH3 is 1. The Kier molecular flexibility index (Phi) is 7.36. The number of para-hydroxylation sites is 1. The van der Waals surface area contributed by atoms with Crippen molar-refractivity contribution in [2.45, 2.75) is 30.5 Å². The number of esters is 1. The first-order valence-electron chi connectivity index (χ1n) is 11.9. The maximum absolute atomic E-state index is 14.0. The third kappa shape index (κ3) is 6.15. The summed E-state index contributed by atoms with van der Waals surface area (Å²) in [7, 11) is -3.50. The largest absolute Gasteiger partial charge is 0.573 e. The average Bonchev–Trinajstić information content (AvgIpc) is 3.31. The zero-order valence-corrected chi connectivity index (χ0v) is 22.3. The number of halogens is 6. The number of pyridine rings is 1. The van der Waals surface area contributed by atoms with Gasteiger partial charge in [0.15, 0.2) is 6.54 Å². The van der Waals surface area contributed by atoms with Gasteiger partial charge in [0, 0.05) is 11.1 Å². The SMILES string of the molecule is COC(=O)Cn1nnc(-c2cccc3c2N(S(=O)(=O)c2ccc(OC(F)(F)F)cc2)Cc2ccc(C(F)(F)F)nc2N3)n1. The molecule has 2 aromatic heterocycles. The van der Waals surface area contributed by atoms with Crippen LogP contribution in [0.1, 0.15) is 11.3 Å². The summed E-state index contributed by atoms with van der Waals surface area (Å²) in [6.45, 7) is -0.988. The average molecular weight is 629 g/mol. The van der Waals surface area contributed by atoms with E-state index in [1.165, 1.54) is 18.2 Å². The van der Waals surface area contributed by atoms with E-state index < -0.39 is 58.0 Å². The van der Waals surface area contributed by atoms with Gasteiger partial charge in [-0.05, 0) is 47.7 Å². The molecule has 3 heterocycles. The molecule has 0 bridgehead atoms. The number of ether oxygens (including phenoxy) is 2. The Hall–Kier alpha value is -4.94. The van der Waals surface area contributed by atoms with Crippen molar-refractivity contribution in [3.05, 3.63) is 65.9 Å². The maximum atomic E-state index is 14.0. The smallest absolute Gasteiger partial charge is 0.468 e. The molecular weight excluding hydrogens is 612 g/mol. The second kappa shape index (κ2) is 10.7. The lowest BCUT2D eigenvalue weighted by Gasteiger charge is -2.26. The first-order chi connectivity index (χ1) is 20.2. The van der Waals surface area contributed by atoms with Crippen LogP contribution in [0.5, 0.6) is 5.75 Å². The molecule has 12 nitrogen and oxygen atoms in total. The van der Waals surface area contributed by atoms with Gasteiger partial charge in [0.25, 0.3) is 10.0 Å². The number of carbonyl (C=O) groups excluding carboxylic acids is 1. The van der Waals surface area contributed by atoms with Crippen molar-refractivity contribution in [2.24, 2.45) is 0 Å². The highest BCUT2D eigenvalue weighted by molar-refractivity contribution is 7.92. The van der Waals surface area contributed by atoms with E-state index in [1.54, 1.807) is 0 Å². The van der Waals surface area contributed by atoms with Gasteiger partial charge < -0.3 is 14.8 Å². The van der Waals surface area contributed by atoms with Crippen LogP contribution in [0.4, 0.5) is 43.5 Å². The van der Waals surface area contributed by atoms with Gasteiger partial charge in [-0.3, -0.25) is 4.31 Å². The van der Waals surface area contributed by atoms with Gasteiger partial charge in [0.1, 0.15) is 17.3 Å². The van der Waals surface area contributed by atoms with E-state index in [0.29, 0.717) is 6.07 Å². The molecular formula is C24H17F6N7O5S. The predicted molar refractivity (Wildman–Crippen MR) is 134 cm³/mol. The zero-order chi connectivity index (χ0) is 31.2. The molecule has 0 amide bonds.